The van der Waals surface area contributed by atoms with Gasteiger partial charge in [0.15, 0.2) is 5.58 Å². The van der Waals surface area contributed by atoms with Crippen LogP contribution >= 0.6 is 0 Å². The summed E-state index contributed by atoms with van der Waals surface area (Å²) < 4.78 is 5.49. The van der Waals surface area contributed by atoms with Crippen LogP contribution in [0.1, 0.15) is 0 Å². The van der Waals surface area contributed by atoms with Crippen LogP contribution in [-0.2, 0) is 0 Å². The highest BCUT2D eigenvalue weighted by atomic mass is 16.4. The molecular weight excluding hydrogens is 202 g/mol. The van der Waals surface area contributed by atoms with E-state index in [-0.39, 0.29) is 0 Å². The van der Waals surface area contributed by atoms with Crippen molar-refractivity contribution in [1.29, 1.82) is 0 Å². The van der Waals surface area contributed by atoms with Crippen molar-refractivity contribution in [1.82, 2.24) is 9.97 Å². The van der Waals surface area contributed by atoms with E-state index >= 15 is 0 Å². The highest BCUT2D eigenvalue weighted by molar-refractivity contribution is 5.70. The molecule has 2 aromatic heterocycles. The lowest BCUT2D eigenvalue weighted by Gasteiger charge is -1.98. The number of anilines is 2. The summed E-state index contributed by atoms with van der Waals surface area (Å²) in [7, 11) is 0. The van der Waals surface area contributed by atoms with E-state index in [9.17, 15) is 0 Å². The first kappa shape index (κ1) is 8.91. The fourth-order valence-electron chi connectivity index (χ4n) is 1.47. The van der Waals surface area contributed by atoms with Gasteiger partial charge in [-0.3, -0.25) is 0 Å². The first-order chi connectivity index (χ1) is 7.92. The molecule has 3 aromatic rings. The number of para-hydroxylation sites is 1. The van der Waals surface area contributed by atoms with Crippen LogP contribution in [0.3, 0.4) is 0 Å². The Hall–Kier alpha value is -2.36. The molecule has 78 valence electrons. The van der Waals surface area contributed by atoms with E-state index in [4.69, 9.17) is 4.42 Å². The fraction of sp³-hybridized carbons (Fsp3) is 0. The third kappa shape index (κ3) is 1.61. The molecule has 0 radical (unpaired) electrons. The molecule has 0 amide bonds. The fourth-order valence-corrected chi connectivity index (χ4v) is 1.47. The standard InChI is InChI=1S/C12H9N3O/c1-2-5-9(6-3-1)14-12-15-11-10(16-12)7-4-8-13-11/h1-8H,(H,13,14,15). The van der Waals surface area contributed by atoms with Crippen molar-refractivity contribution in [3.05, 3.63) is 48.7 Å². The zero-order valence-electron chi connectivity index (χ0n) is 8.42. The number of aromatic nitrogens is 2. The Morgan fingerprint density at radius 3 is 2.69 bits per heavy atom. The smallest absolute Gasteiger partial charge is 0.301 e. The minimum atomic E-state index is 0.458. The molecule has 0 saturated carbocycles. The van der Waals surface area contributed by atoms with Gasteiger partial charge in [-0.15, -0.1) is 0 Å². The summed E-state index contributed by atoms with van der Waals surface area (Å²) >= 11 is 0. The number of oxazole rings is 1. The number of rotatable bonds is 2. The van der Waals surface area contributed by atoms with Crippen molar-refractivity contribution in [2.45, 2.75) is 0 Å². The molecule has 3 rings (SSSR count). The molecule has 0 aliphatic heterocycles. The van der Waals surface area contributed by atoms with Gasteiger partial charge in [0.1, 0.15) is 0 Å². The van der Waals surface area contributed by atoms with Crippen molar-refractivity contribution in [2.24, 2.45) is 0 Å². The second-order valence-corrected chi connectivity index (χ2v) is 3.34. The zero-order chi connectivity index (χ0) is 10.8. The Morgan fingerprint density at radius 2 is 1.88 bits per heavy atom. The molecule has 0 atom stereocenters. The maximum atomic E-state index is 5.49. The van der Waals surface area contributed by atoms with Gasteiger partial charge in [0.05, 0.1) is 0 Å². The highest BCUT2D eigenvalue weighted by Gasteiger charge is 2.05. The van der Waals surface area contributed by atoms with Crippen LogP contribution in [0.25, 0.3) is 11.2 Å². The van der Waals surface area contributed by atoms with Crippen molar-refractivity contribution >= 4 is 22.9 Å². The average Bonchev–Trinajstić information content (AvgIpc) is 2.72. The lowest BCUT2D eigenvalue weighted by molar-refractivity contribution is 0.623. The maximum Gasteiger partial charge on any atom is 0.301 e. The van der Waals surface area contributed by atoms with Crippen LogP contribution in [-0.4, -0.2) is 9.97 Å². The molecular formula is C12H9N3O. The average molecular weight is 211 g/mol. The number of benzene rings is 1. The third-order valence-electron chi connectivity index (χ3n) is 2.19. The quantitative estimate of drug-likeness (QED) is 0.708. The molecule has 4 nitrogen and oxygen atoms in total. The van der Waals surface area contributed by atoms with Crippen molar-refractivity contribution in [2.75, 3.05) is 5.32 Å². The number of hydrogen-bond acceptors (Lipinski definition) is 4. The topological polar surface area (TPSA) is 51.0 Å². The van der Waals surface area contributed by atoms with Gasteiger partial charge in [0, 0.05) is 11.9 Å². The van der Waals surface area contributed by atoms with Crippen molar-refractivity contribution < 1.29 is 4.42 Å². The van der Waals surface area contributed by atoms with E-state index in [1.165, 1.54) is 0 Å². The van der Waals surface area contributed by atoms with E-state index in [0.717, 1.165) is 5.69 Å². The number of hydrogen-bond donors (Lipinski definition) is 1. The number of nitrogens with one attached hydrogen (secondary N) is 1. The zero-order valence-corrected chi connectivity index (χ0v) is 8.42. The molecule has 0 fully saturated rings. The normalized spacial score (nSPS) is 10.5. The first-order valence-corrected chi connectivity index (χ1v) is 4.95. The molecule has 1 N–H and O–H groups in total. The van der Waals surface area contributed by atoms with E-state index in [1.54, 1.807) is 6.20 Å². The van der Waals surface area contributed by atoms with Gasteiger partial charge in [0.2, 0.25) is 5.65 Å². The number of nitrogens with zero attached hydrogens (tertiary/aromatic N) is 2. The van der Waals surface area contributed by atoms with Gasteiger partial charge in [-0.1, -0.05) is 18.2 Å². The molecule has 4 heteroatoms. The maximum absolute atomic E-state index is 5.49. The summed E-state index contributed by atoms with van der Waals surface area (Å²) in [5.74, 6) is 0. The van der Waals surface area contributed by atoms with Gasteiger partial charge < -0.3 is 9.73 Å². The van der Waals surface area contributed by atoms with Crippen molar-refractivity contribution in [3.8, 4) is 0 Å². The summed E-state index contributed by atoms with van der Waals surface area (Å²) in [5.41, 5.74) is 2.23. The lowest BCUT2D eigenvalue weighted by atomic mass is 10.3. The molecule has 16 heavy (non-hydrogen) atoms. The van der Waals surface area contributed by atoms with E-state index < -0.39 is 0 Å². The molecule has 0 spiro atoms. The Morgan fingerprint density at radius 1 is 1.00 bits per heavy atom. The first-order valence-electron chi connectivity index (χ1n) is 4.95. The van der Waals surface area contributed by atoms with E-state index in [0.29, 0.717) is 17.2 Å². The molecule has 0 bridgehead atoms. The molecule has 2 heterocycles. The highest BCUT2D eigenvalue weighted by Crippen LogP contribution is 2.19. The molecule has 0 aliphatic carbocycles. The van der Waals surface area contributed by atoms with Crippen LogP contribution in [0.2, 0.25) is 0 Å². The minimum absolute atomic E-state index is 0.458. The second kappa shape index (κ2) is 3.66. The van der Waals surface area contributed by atoms with Crippen LogP contribution in [0.5, 0.6) is 0 Å². The predicted octanol–water partition coefficient (Wildman–Crippen LogP) is 2.97. The van der Waals surface area contributed by atoms with E-state index in [1.807, 2.05) is 42.5 Å². The van der Waals surface area contributed by atoms with Crippen LogP contribution in [0.4, 0.5) is 11.7 Å². The molecule has 0 unspecified atom stereocenters. The summed E-state index contributed by atoms with van der Waals surface area (Å²) in [5, 5.41) is 3.08. The van der Waals surface area contributed by atoms with Gasteiger partial charge >= 0.3 is 6.01 Å². The molecule has 0 aliphatic rings. The van der Waals surface area contributed by atoms with Crippen LogP contribution in [0.15, 0.2) is 53.1 Å². The van der Waals surface area contributed by atoms with Gasteiger partial charge in [-0.25, -0.2) is 4.98 Å². The third-order valence-corrected chi connectivity index (χ3v) is 2.19. The van der Waals surface area contributed by atoms with Gasteiger partial charge in [-0.2, -0.15) is 4.98 Å². The summed E-state index contributed by atoms with van der Waals surface area (Å²) in [4.78, 5) is 8.32. The summed E-state index contributed by atoms with van der Waals surface area (Å²) in [6.45, 7) is 0. The largest absolute Gasteiger partial charge is 0.422 e. The van der Waals surface area contributed by atoms with Crippen molar-refractivity contribution in [3.63, 3.8) is 0 Å². The summed E-state index contributed by atoms with van der Waals surface area (Å²) in [6, 6.07) is 13.9. The Balaban J connectivity index is 1.95. The molecule has 1 aromatic carbocycles. The second-order valence-electron chi connectivity index (χ2n) is 3.34. The number of pyridine rings is 1. The van der Waals surface area contributed by atoms with E-state index in [2.05, 4.69) is 15.3 Å². The van der Waals surface area contributed by atoms with Gasteiger partial charge in [-0.05, 0) is 24.3 Å². The van der Waals surface area contributed by atoms with Crippen LogP contribution < -0.4 is 5.32 Å². The number of fused-ring (bicyclic) bond motifs is 1. The SMILES string of the molecule is c1ccc(Nc2nc3ncccc3o2)cc1. The Kier molecular flexibility index (Phi) is 2.04. The predicted molar refractivity (Wildman–Crippen MR) is 61.5 cm³/mol. The lowest BCUT2D eigenvalue weighted by Crippen LogP contribution is -1.88. The minimum Gasteiger partial charge on any atom is -0.422 e. The van der Waals surface area contributed by atoms with Gasteiger partial charge in [0.25, 0.3) is 0 Å². The monoisotopic (exact) mass is 211 g/mol. The summed E-state index contributed by atoms with van der Waals surface area (Å²) in [6.07, 6.45) is 1.69. The van der Waals surface area contributed by atoms with Crippen LogP contribution in [0, 0.1) is 0 Å². The Bertz CT molecular complexity index is 571. The Labute approximate surface area is 92.0 Å². The molecule has 0 saturated heterocycles.